The molecular weight excluding hydrogens is 381 g/mol. The maximum Gasteiger partial charge on any atom is 0.340 e. The van der Waals surface area contributed by atoms with Crippen molar-refractivity contribution in [2.45, 2.75) is 20.0 Å². The molecule has 10 heteroatoms. The molecule has 3 N–H and O–H groups in total. The molecule has 0 unspecified atom stereocenters. The van der Waals surface area contributed by atoms with Crippen LogP contribution in [-0.2, 0) is 4.74 Å². The lowest BCUT2D eigenvalue weighted by atomic mass is 10.0. The quantitative estimate of drug-likeness (QED) is 0.580. The van der Waals surface area contributed by atoms with E-state index in [0.29, 0.717) is 0 Å². The van der Waals surface area contributed by atoms with Gasteiger partial charge in [-0.15, -0.1) is 0 Å². The van der Waals surface area contributed by atoms with Crippen LogP contribution in [0.1, 0.15) is 40.4 Å². The number of esters is 1. The summed E-state index contributed by atoms with van der Waals surface area (Å²) >= 11 is 6.02. The Balaban J connectivity index is 0.00000364. The number of nitrogens with zero attached hydrogens (tertiary/aromatic N) is 2. The van der Waals surface area contributed by atoms with Gasteiger partial charge in [-0.25, -0.2) is 9.18 Å². The summed E-state index contributed by atoms with van der Waals surface area (Å²) in [5.74, 6) is -3.19. The Bertz CT molecular complexity index is 838. The summed E-state index contributed by atoms with van der Waals surface area (Å²) in [6.07, 6.45) is -0.488. The summed E-state index contributed by atoms with van der Waals surface area (Å²) in [6.45, 7) is 3.23. The second-order valence-corrected chi connectivity index (χ2v) is 5.75. The van der Waals surface area contributed by atoms with Crippen LogP contribution in [0.3, 0.4) is 0 Å². The minimum Gasteiger partial charge on any atom is -0.481 e. The fourth-order valence-electron chi connectivity index (χ4n) is 2.07. The van der Waals surface area contributed by atoms with Gasteiger partial charge in [-0.1, -0.05) is 11.6 Å². The summed E-state index contributed by atoms with van der Waals surface area (Å²) in [5, 5.41) is -0.129. The van der Waals surface area contributed by atoms with Crippen LogP contribution >= 0.6 is 11.6 Å². The van der Waals surface area contributed by atoms with E-state index in [1.54, 1.807) is 13.8 Å². The van der Waals surface area contributed by atoms with Gasteiger partial charge in [-0.2, -0.15) is 9.97 Å². The number of ether oxygens (including phenoxy) is 3. The molecule has 1 heterocycles. The third-order valence-electron chi connectivity index (χ3n) is 3.18. The smallest absolute Gasteiger partial charge is 0.340 e. The molecule has 8 nitrogen and oxygen atoms in total. The molecule has 0 aliphatic rings. The van der Waals surface area contributed by atoms with Crippen molar-refractivity contribution in [3.8, 4) is 11.8 Å². The van der Waals surface area contributed by atoms with E-state index in [1.807, 2.05) is 0 Å². The molecule has 0 aliphatic carbocycles. The molecule has 0 atom stereocenters. The van der Waals surface area contributed by atoms with Crippen LogP contribution in [0.2, 0.25) is 5.02 Å². The maximum absolute atomic E-state index is 14.4. The zero-order chi connectivity index (χ0) is 19.4. The van der Waals surface area contributed by atoms with Gasteiger partial charge in [0.1, 0.15) is 5.82 Å². The molecule has 0 saturated heterocycles. The number of carbonyl (C=O) groups is 2. The monoisotopic (exact) mass is 399 g/mol. The SMILES string of the molecule is COc1cc(OC)nc(C(=O)c2c(F)ccc(Cl)c2C(=O)OC(C)C)n1.N. The third-order valence-corrected chi connectivity index (χ3v) is 3.49. The molecule has 0 amide bonds. The average molecular weight is 400 g/mol. The van der Waals surface area contributed by atoms with Crippen molar-refractivity contribution in [1.29, 1.82) is 0 Å². The molecule has 2 aromatic rings. The molecule has 0 fully saturated rings. The highest BCUT2D eigenvalue weighted by molar-refractivity contribution is 6.35. The van der Waals surface area contributed by atoms with Crippen LogP contribution in [0.15, 0.2) is 18.2 Å². The first-order valence-electron chi connectivity index (χ1n) is 7.49. The lowest BCUT2D eigenvalue weighted by molar-refractivity contribution is 0.0375. The Morgan fingerprint density at radius 3 is 2.11 bits per heavy atom. The fourth-order valence-corrected chi connectivity index (χ4v) is 2.31. The molecule has 146 valence electrons. The van der Waals surface area contributed by atoms with Gasteiger partial charge < -0.3 is 20.4 Å². The Kier molecular flexibility index (Phi) is 7.62. The van der Waals surface area contributed by atoms with Crippen LogP contribution in [0, 0.1) is 5.82 Å². The number of rotatable bonds is 6. The molecule has 0 bridgehead atoms. The van der Waals surface area contributed by atoms with Crippen molar-refractivity contribution in [1.82, 2.24) is 16.1 Å². The number of hydrogen-bond donors (Lipinski definition) is 1. The normalized spacial score (nSPS) is 10.2. The predicted octanol–water partition coefficient (Wildman–Crippen LogP) is 3.24. The summed E-state index contributed by atoms with van der Waals surface area (Å²) < 4.78 is 29.4. The van der Waals surface area contributed by atoms with Gasteiger partial charge in [-0.05, 0) is 26.0 Å². The number of halogens is 2. The first-order chi connectivity index (χ1) is 12.3. The van der Waals surface area contributed by atoms with E-state index in [0.717, 1.165) is 12.1 Å². The van der Waals surface area contributed by atoms with Crippen molar-refractivity contribution in [2.75, 3.05) is 14.2 Å². The summed E-state index contributed by atoms with van der Waals surface area (Å²) in [7, 11) is 2.67. The molecule has 1 aromatic heterocycles. The fraction of sp³-hybridized carbons (Fsp3) is 0.294. The van der Waals surface area contributed by atoms with E-state index < -0.39 is 40.6 Å². The van der Waals surface area contributed by atoms with Crippen LogP contribution in [-0.4, -0.2) is 42.0 Å². The highest BCUT2D eigenvalue weighted by Gasteiger charge is 2.29. The first kappa shape index (κ1) is 22.3. The Morgan fingerprint density at radius 1 is 1.07 bits per heavy atom. The largest absolute Gasteiger partial charge is 0.481 e. The zero-order valence-corrected chi connectivity index (χ0v) is 16.0. The first-order valence-corrected chi connectivity index (χ1v) is 7.87. The van der Waals surface area contributed by atoms with E-state index in [1.165, 1.54) is 20.3 Å². The van der Waals surface area contributed by atoms with E-state index in [2.05, 4.69) is 9.97 Å². The Morgan fingerprint density at radius 2 is 1.63 bits per heavy atom. The summed E-state index contributed by atoms with van der Waals surface area (Å²) in [4.78, 5) is 32.9. The minimum atomic E-state index is -0.960. The van der Waals surface area contributed by atoms with Crippen molar-refractivity contribution in [3.63, 3.8) is 0 Å². The molecular formula is C17H19ClFN3O5. The van der Waals surface area contributed by atoms with E-state index >= 15 is 0 Å². The Labute approximate surface area is 160 Å². The van der Waals surface area contributed by atoms with E-state index in [4.69, 9.17) is 25.8 Å². The van der Waals surface area contributed by atoms with E-state index in [-0.39, 0.29) is 22.9 Å². The van der Waals surface area contributed by atoms with Gasteiger partial charge in [0.2, 0.25) is 23.4 Å². The average Bonchev–Trinajstić information content (AvgIpc) is 2.61. The van der Waals surface area contributed by atoms with Crippen LogP contribution in [0.4, 0.5) is 4.39 Å². The second-order valence-electron chi connectivity index (χ2n) is 5.34. The standard InChI is InChI=1S/C17H16ClFN2O5.H3N/c1-8(2)26-17(23)13-9(18)5-6-10(19)14(13)15(22)16-20-11(24-3)7-12(21-16)25-4;/h5-8H,1-4H3;1H3. The zero-order valence-electron chi connectivity index (χ0n) is 15.2. The van der Waals surface area contributed by atoms with Crippen LogP contribution < -0.4 is 15.6 Å². The number of benzene rings is 1. The van der Waals surface area contributed by atoms with Crippen molar-refractivity contribution >= 4 is 23.4 Å². The lowest BCUT2D eigenvalue weighted by Crippen LogP contribution is -2.19. The molecule has 0 aliphatic heterocycles. The van der Waals surface area contributed by atoms with Gasteiger partial charge in [0.05, 0.1) is 42.5 Å². The molecule has 1 aromatic carbocycles. The van der Waals surface area contributed by atoms with Gasteiger partial charge in [0, 0.05) is 0 Å². The topological polar surface area (TPSA) is 123 Å². The molecule has 0 saturated carbocycles. The number of aromatic nitrogens is 2. The summed E-state index contributed by atoms with van der Waals surface area (Å²) in [5.41, 5.74) is -0.978. The Hall–Kier alpha value is -2.78. The number of ketones is 1. The van der Waals surface area contributed by atoms with Crippen LogP contribution in [0.25, 0.3) is 0 Å². The molecule has 2 rings (SSSR count). The molecule has 27 heavy (non-hydrogen) atoms. The second kappa shape index (κ2) is 9.24. The number of hydrogen-bond acceptors (Lipinski definition) is 8. The number of methoxy groups -OCH3 is 2. The van der Waals surface area contributed by atoms with Crippen molar-refractivity contribution < 1.29 is 28.2 Å². The predicted molar refractivity (Wildman–Crippen MR) is 95.6 cm³/mol. The van der Waals surface area contributed by atoms with Gasteiger partial charge in [0.25, 0.3) is 0 Å². The van der Waals surface area contributed by atoms with Gasteiger partial charge in [-0.3, -0.25) is 4.79 Å². The highest BCUT2D eigenvalue weighted by atomic mass is 35.5. The third kappa shape index (κ3) is 4.89. The van der Waals surface area contributed by atoms with Crippen LogP contribution in [0.5, 0.6) is 11.8 Å². The molecule has 0 radical (unpaired) electrons. The van der Waals surface area contributed by atoms with Gasteiger partial charge in [0.15, 0.2) is 0 Å². The van der Waals surface area contributed by atoms with Crippen molar-refractivity contribution in [3.05, 3.63) is 46.0 Å². The minimum absolute atomic E-state index is 0. The lowest BCUT2D eigenvalue weighted by Gasteiger charge is -2.13. The maximum atomic E-state index is 14.4. The summed E-state index contributed by atoms with van der Waals surface area (Å²) in [6, 6.07) is 3.48. The van der Waals surface area contributed by atoms with E-state index in [9.17, 15) is 14.0 Å². The van der Waals surface area contributed by atoms with Gasteiger partial charge >= 0.3 is 5.97 Å². The van der Waals surface area contributed by atoms with Crippen molar-refractivity contribution in [2.24, 2.45) is 0 Å². The highest BCUT2D eigenvalue weighted by Crippen LogP contribution is 2.27. The number of carbonyl (C=O) groups excluding carboxylic acids is 2. The molecule has 0 spiro atoms.